The van der Waals surface area contributed by atoms with Crippen LogP contribution < -0.4 is 27.9 Å². The molecule has 0 heterocycles. The van der Waals surface area contributed by atoms with E-state index < -0.39 is 0 Å². The van der Waals surface area contributed by atoms with Crippen molar-refractivity contribution in [2.75, 3.05) is 6.54 Å². The van der Waals surface area contributed by atoms with Crippen LogP contribution in [0.2, 0.25) is 0 Å². The Morgan fingerprint density at radius 3 is 2.60 bits per heavy atom. The molecule has 1 N–H and O–H groups in total. The molecule has 0 saturated carbocycles. The highest BCUT2D eigenvalue weighted by Gasteiger charge is 1.98. The smallest absolute Gasteiger partial charge is 0.288 e. The topological polar surface area (TPSA) is 12.0 Å². The van der Waals surface area contributed by atoms with Crippen LogP contribution in [-0.4, -0.2) is 12.6 Å². The van der Waals surface area contributed by atoms with E-state index in [0.717, 1.165) is 6.54 Å². The van der Waals surface area contributed by atoms with Crippen molar-refractivity contribution in [2.24, 2.45) is 0 Å². The van der Waals surface area contributed by atoms with Gasteiger partial charge in [-0.05, 0) is 25.5 Å². The highest BCUT2D eigenvalue weighted by molar-refractivity contribution is 4.86. The van der Waals surface area contributed by atoms with Crippen LogP contribution in [0.15, 0.2) is 10.2 Å². The Hall–Kier alpha value is 0.430. The third kappa shape index (κ3) is 5.23. The van der Waals surface area contributed by atoms with Crippen LogP contribution >= 0.6 is 0 Å². The maximum Gasteiger partial charge on any atom is 0.288 e. The van der Waals surface area contributed by atoms with E-state index in [4.69, 9.17) is 0 Å². The molecule has 1 nitrogen and oxygen atoms in total. The maximum absolute atomic E-state index is 3.43. The Bertz CT molecular complexity index is 91.3. The molecule has 0 aliphatic rings. The Balaban J connectivity index is 3.39. The fraction of sp³-hybridized carbons (Fsp3) is 0.750. The lowest BCUT2D eigenvalue weighted by atomic mass is 10.2. The van der Waals surface area contributed by atoms with Crippen LogP contribution in [0.5, 0.6) is 0 Å². The average molecular weight is 254 g/mol. The molecule has 0 bridgehead atoms. The summed E-state index contributed by atoms with van der Waals surface area (Å²) in [6, 6.07) is 0.590. The van der Waals surface area contributed by atoms with Crippen molar-refractivity contribution in [2.45, 2.75) is 32.7 Å². The second kappa shape index (κ2) is 7.54. The zero-order valence-electron chi connectivity index (χ0n) is 6.76. The van der Waals surface area contributed by atoms with Crippen molar-refractivity contribution in [1.29, 1.82) is 0 Å². The van der Waals surface area contributed by atoms with E-state index in [1.54, 1.807) is 0 Å². The number of rotatable bonds is 5. The number of halogens is 1. The van der Waals surface area contributed by atoms with Gasteiger partial charge in [0.1, 0.15) is 4.08 Å². The standard InChI is InChI=1S/C8H17IN/c1-3-7-10-8(4-2)5-6-9/h5-6,8-10H,3-4,7H2,1-2H3/q+1/b6-5-. The van der Waals surface area contributed by atoms with Gasteiger partial charge in [-0.15, -0.1) is 0 Å². The van der Waals surface area contributed by atoms with Gasteiger partial charge in [0.25, 0.3) is 22.6 Å². The molecule has 10 heavy (non-hydrogen) atoms. The van der Waals surface area contributed by atoms with Crippen molar-refractivity contribution in [3.05, 3.63) is 10.2 Å². The van der Waals surface area contributed by atoms with Crippen LogP contribution in [0.25, 0.3) is 0 Å². The summed E-state index contributed by atoms with van der Waals surface area (Å²) < 4.78 is 2.12. The molecular formula is C8H17IN+. The fourth-order valence-corrected chi connectivity index (χ4v) is 1.31. The molecule has 0 aromatic heterocycles. The molecule has 60 valence electrons. The van der Waals surface area contributed by atoms with Gasteiger partial charge in [0.05, 0.1) is 0 Å². The normalized spacial score (nSPS) is 14.3. The summed E-state index contributed by atoms with van der Waals surface area (Å²) >= 11 is 2.00. The molecule has 1 atom stereocenters. The molecule has 0 aromatic carbocycles. The molecule has 0 saturated heterocycles. The molecule has 2 heteroatoms. The van der Waals surface area contributed by atoms with E-state index in [-0.39, 0.29) is 0 Å². The predicted octanol–water partition coefficient (Wildman–Crippen LogP) is -1.44. The van der Waals surface area contributed by atoms with Crippen molar-refractivity contribution in [3.63, 3.8) is 0 Å². The molecule has 0 radical (unpaired) electrons. The van der Waals surface area contributed by atoms with Gasteiger partial charge in [0.15, 0.2) is 0 Å². The van der Waals surface area contributed by atoms with E-state index in [0.29, 0.717) is 6.04 Å². The predicted molar refractivity (Wildman–Crippen MR) is 42.9 cm³/mol. The second-order valence-electron chi connectivity index (χ2n) is 2.30. The lowest BCUT2D eigenvalue weighted by molar-refractivity contribution is -0.275. The van der Waals surface area contributed by atoms with Crippen LogP contribution in [0, 0.1) is 0 Å². The minimum atomic E-state index is 0.590. The SMILES string of the molecule is CCCNC(/C=C\[IH+])CC. The van der Waals surface area contributed by atoms with Crippen LogP contribution in [-0.2, 0) is 0 Å². The second-order valence-corrected chi connectivity index (χ2v) is 3.07. The molecule has 0 fully saturated rings. The summed E-state index contributed by atoms with van der Waals surface area (Å²) in [5, 5.41) is 3.43. The summed E-state index contributed by atoms with van der Waals surface area (Å²) in [5.74, 6) is 0. The zero-order chi connectivity index (χ0) is 7.82. The number of nitrogens with one attached hydrogen (secondary N) is 1. The van der Waals surface area contributed by atoms with Gasteiger partial charge in [0, 0.05) is 6.04 Å². The van der Waals surface area contributed by atoms with Gasteiger partial charge in [0.2, 0.25) is 0 Å². The van der Waals surface area contributed by atoms with E-state index in [2.05, 4.69) is 29.3 Å². The minimum absolute atomic E-state index is 0.590. The monoisotopic (exact) mass is 254 g/mol. The van der Waals surface area contributed by atoms with Gasteiger partial charge in [-0.3, -0.25) is 0 Å². The molecular weight excluding hydrogens is 237 g/mol. The first-order valence-electron chi connectivity index (χ1n) is 3.87. The Morgan fingerprint density at radius 2 is 2.20 bits per heavy atom. The third-order valence-electron chi connectivity index (χ3n) is 1.41. The first-order chi connectivity index (χ1) is 4.85. The number of hydrogen-bond donors (Lipinski definition) is 1. The summed E-state index contributed by atoms with van der Waals surface area (Å²) in [6.07, 6.45) is 4.63. The lowest BCUT2D eigenvalue weighted by Gasteiger charge is -2.09. The summed E-state index contributed by atoms with van der Waals surface area (Å²) in [4.78, 5) is 0. The van der Waals surface area contributed by atoms with E-state index in [1.807, 2.05) is 22.6 Å². The van der Waals surface area contributed by atoms with Gasteiger partial charge < -0.3 is 5.32 Å². The fourth-order valence-electron chi connectivity index (χ4n) is 0.773. The molecule has 0 amide bonds. The molecule has 0 aromatic rings. The first kappa shape index (κ1) is 10.4. The Labute approximate surface area is 77.4 Å². The highest BCUT2D eigenvalue weighted by Crippen LogP contribution is 1.90. The highest BCUT2D eigenvalue weighted by atomic mass is 127. The van der Waals surface area contributed by atoms with Crippen molar-refractivity contribution < 1.29 is 22.6 Å². The summed E-state index contributed by atoms with van der Waals surface area (Å²) in [5.41, 5.74) is 0. The molecule has 1 unspecified atom stereocenters. The van der Waals surface area contributed by atoms with Gasteiger partial charge >= 0.3 is 0 Å². The lowest BCUT2D eigenvalue weighted by Crippen LogP contribution is -3.30. The van der Waals surface area contributed by atoms with Crippen LogP contribution in [0.3, 0.4) is 0 Å². The van der Waals surface area contributed by atoms with E-state index in [1.165, 1.54) is 12.8 Å². The van der Waals surface area contributed by atoms with Crippen molar-refractivity contribution >= 4 is 0 Å². The van der Waals surface area contributed by atoms with E-state index in [9.17, 15) is 0 Å². The summed E-state index contributed by atoms with van der Waals surface area (Å²) in [6.45, 7) is 5.52. The van der Waals surface area contributed by atoms with Crippen LogP contribution in [0.1, 0.15) is 26.7 Å². The maximum atomic E-state index is 3.43. The van der Waals surface area contributed by atoms with Gasteiger partial charge in [-0.2, -0.15) is 0 Å². The van der Waals surface area contributed by atoms with Crippen molar-refractivity contribution in [3.8, 4) is 0 Å². The van der Waals surface area contributed by atoms with E-state index >= 15 is 0 Å². The molecule has 0 spiro atoms. The van der Waals surface area contributed by atoms with Crippen molar-refractivity contribution in [1.82, 2.24) is 5.32 Å². The average Bonchev–Trinajstić information content (AvgIpc) is 1.98. The molecule has 0 rings (SSSR count). The third-order valence-corrected chi connectivity index (χ3v) is 1.86. The quantitative estimate of drug-likeness (QED) is 0.593. The largest absolute Gasteiger partial charge is 0.310 e. The van der Waals surface area contributed by atoms with Gasteiger partial charge in [-0.1, -0.05) is 13.8 Å². The zero-order valence-corrected chi connectivity index (χ0v) is 9.09. The number of hydrogen-bond acceptors (Lipinski definition) is 1. The summed E-state index contributed by atoms with van der Waals surface area (Å²) in [7, 11) is 0. The Morgan fingerprint density at radius 1 is 1.50 bits per heavy atom. The Kier molecular flexibility index (Phi) is 7.86. The van der Waals surface area contributed by atoms with Gasteiger partial charge in [-0.25, -0.2) is 0 Å². The first-order valence-corrected chi connectivity index (χ1v) is 5.21. The van der Waals surface area contributed by atoms with Crippen LogP contribution in [0.4, 0.5) is 0 Å². The molecule has 0 aliphatic carbocycles. The molecule has 0 aliphatic heterocycles. The minimum Gasteiger partial charge on any atom is -0.310 e.